The van der Waals surface area contributed by atoms with Gasteiger partial charge in [0.1, 0.15) is 0 Å². The monoisotopic (exact) mass is 267 g/mol. The van der Waals surface area contributed by atoms with Crippen LogP contribution < -0.4 is 0 Å². The molecule has 0 aliphatic carbocycles. The maximum Gasteiger partial charge on any atom is 0.159 e. The lowest BCUT2D eigenvalue weighted by Gasteiger charge is -2.27. The second kappa shape index (κ2) is 6.14. The van der Waals surface area contributed by atoms with E-state index < -0.39 is 0 Å². The molecule has 0 amide bonds. The molecule has 0 spiro atoms. The molecule has 20 heavy (non-hydrogen) atoms. The molecule has 3 heteroatoms. The van der Waals surface area contributed by atoms with Gasteiger partial charge in [-0.25, -0.2) is 9.97 Å². The summed E-state index contributed by atoms with van der Waals surface area (Å²) in [5, 5.41) is 0. The van der Waals surface area contributed by atoms with Gasteiger partial charge < -0.3 is 0 Å². The van der Waals surface area contributed by atoms with Crippen molar-refractivity contribution in [3.8, 4) is 11.4 Å². The summed E-state index contributed by atoms with van der Waals surface area (Å²) in [6.45, 7) is 5.53. The second-order valence-corrected chi connectivity index (χ2v) is 5.41. The van der Waals surface area contributed by atoms with Crippen molar-refractivity contribution in [3.63, 3.8) is 0 Å². The van der Waals surface area contributed by atoms with Crippen molar-refractivity contribution in [3.05, 3.63) is 47.8 Å². The minimum Gasteiger partial charge on any atom is -0.297 e. The van der Waals surface area contributed by atoms with Gasteiger partial charge in [-0.15, -0.1) is 0 Å². The SMILES string of the molecule is CCCCN1CCc2cnc(-c3ccccc3)nc2C1. The predicted molar refractivity (Wildman–Crippen MR) is 81.4 cm³/mol. The van der Waals surface area contributed by atoms with Crippen molar-refractivity contribution in [1.29, 1.82) is 0 Å². The molecule has 0 bridgehead atoms. The lowest BCUT2D eigenvalue weighted by atomic mass is 10.1. The third-order valence-corrected chi connectivity index (χ3v) is 3.88. The second-order valence-electron chi connectivity index (χ2n) is 5.41. The molecular formula is C17H21N3. The highest BCUT2D eigenvalue weighted by Crippen LogP contribution is 2.20. The van der Waals surface area contributed by atoms with E-state index in [9.17, 15) is 0 Å². The van der Waals surface area contributed by atoms with Crippen molar-refractivity contribution in [2.24, 2.45) is 0 Å². The zero-order chi connectivity index (χ0) is 13.8. The van der Waals surface area contributed by atoms with Crippen LogP contribution in [0.4, 0.5) is 0 Å². The minimum absolute atomic E-state index is 0.849. The first-order valence-electron chi connectivity index (χ1n) is 7.49. The third kappa shape index (κ3) is 2.88. The molecule has 0 radical (unpaired) electrons. The fourth-order valence-electron chi connectivity index (χ4n) is 2.66. The first kappa shape index (κ1) is 13.3. The van der Waals surface area contributed by atoms with Crippen LogP contribution in [-0.4, -0.2) is 28.0 Å². The van der Waals surface area contributed by atoms with Crippen LogP contribution in [0.25, 0.3) is 11.4 Å². The average molecular weight is 267 g/mol. The topological polar surface area (TPSA) is 29.0 Å². The number of hydrogen-bond acceptors (Lipinski definition) is 3. The number of benzene rings is 1. The summed E-state index contributed by atoms with van der Waals surface area (Å²) in [5.74, 6) is 0.849. The van der Waals surface area contributed by atoms with Gasteiger partial charge in [0.25, 0.3) is 0 Å². The first-order chi connectivity index (χ1) is 9.86. The zero-order valence-corrected chi connectivity index (χ0v) is 12.0. The Bertz CT molecular complexity index is 566. The highest BCUT2D eigenvalue weighted by Gasteiger charge is 2.18. The standard InChI is InChI=1S/C17H21N3/c1-2-3-10-20-11-9-15-12-18-17(19-16(15)13-20)14-7-5-4-6-8-14/h4-8,12H,2-3,9-11,13H2,1H3. The fraction of sp³-hybridized carbons (Fsp3) is 0.412. The largest absolute Gasteiger partial charge is 0.297 e. The van der Waals surface area contributed by atoms with Crippen molar-refractivity contribution >= 4 is 0 Å². The molecule has 0 saturated carbocycles. The van der Waals surface area contributed by atoms with Crippen LogP contribution in [0.2, 0.25) is 0 Å². The fourth-order valence-corrected chi connectivity index (χ4v) is 2.66. The van der Waals surface area contributed by atoms with E-state index in [4.69, 9.17) is 4.98 Å². The van der Waals surface area contributed by atoms with Gasteiger partial charge in [0, 0.05) is 24.8 Å². The highest BCUT2D eigenvalue weighted by atomic mass is 15.1. The molecule has 3 rings (SSSR count). The van der Waals surface area contributed by atoms with Gasteiger partial charge in [-0.3, -0.25) is 4.90 Å². The Labute approximate surface area is 120 Å². The maximum absolute atomic E-state index is 4.79. The summed E-state index contributed by atoms with van der Waals surface area (Å²) in [4.78, 5) is 11.8. The van der Waals surface area contributed by atoms with Gasteiger partial charge in [0.05, 0.1) is 5.69 Å². The highest BCUT2D eigenvalue weighted by molar-refractivity contribution is 5.54. The van der Waals surface area contributed by atoms with Crippen LogP contribution in [0.3, 0.4) is 0 Å². The molecule has 0 N–H and O–H groups in total. The van der Waals surface area contributed by atoms with E-state index in [-0.39, 0.29) is 0 Å². The Morgan fingerprint density at radius 3 is 2.85 bits per heavy atom. The van der Waals surface area contributed by atoms with Crippen LogP contribution in [0.1, 0.15) is 31.0 Å². The van der Waals surface area contributed by atoms with Gasteiger partial charge >= 0.3 is 0 Å². The van der Waals surface area contributed by atoms with E-state index in [1.165, 1.54) is 30.6 Å². The average Bonchev–Trinajstić information content (AvgIpc) is 2.53. The van der Waals surface area contributed by atoms with E-state index in [0.29, 0.717) is 0 Å². The molecule has 1 aromatic heterocycles. The lowest BCUT2D eigenvalue weighted by Crippen LogP contribution is -2.32. The summed E-state index contributed by atoms with van der Waals surface area (Å²) in [7, 11) is 0. The number of rotatable bonds is 4. The molecule has 2 heterocycles. The van der Waals surface area contributed by atoms with E-state index >= 15 is 0 Å². The Kier molecular flexibility index (Phi) is 4.07. The van der Waals surface area contributed by atoms with Crippen molar-refractivity contribution in [2.75, 3.05) is 13.1 Å². The van der Waals surface area contributed by atoms with Crippen molar-refractivity contribution in [2.45, 2.75) is 32.7 Å². The Hall–Kier alpha value is -1.74. The zero-order valence-electron chi connectivity index (χ0n) is 12.0. The normalized spacial score (nSPS) is 15.1. The summed E-state index contributed by atoms with van der Waals surface area (Å²) in [5.41, 5.74) is 3.62. The Balaban J connectivity index is 1.82. The van der Waals surface area contributed by atoms with E-state index in [1.54, 1.807) is 0 Å². The molecule has 104 valence electrons. The summed E-state index contributed by atoms with van der Waals surface area (Å²) in [6, 6.07) is 10.2. The van der Waals surface area contributed by atoms with E-state index in [2.05, 4.69) is 28.9 Å². The molecule has 0 unspecified atom stereocenters. The number of nitrogens with zero attached hydrogens (tertiary/aromatic N) is 3. The number of hydrogen-bond donors (Lipinski definition) is 0. The lowest BCUT2D eigenvalue weighted by molar-refractivity contribution is 0.246. The smallest absolute Gasteiger partial charge is 0.159 e. The summed E-state index contributed by atoms with van der Waals surface area (Å²) in [6.07, 6.45) is 5.62. The van der Waals surface area contributed by atoms with Crippen LogP contribution in [-0.2, 0) is 13.0 Å². The van der Waals surface area contributed by atoms with Gasteiger partial charge in [0.15, 0.2) is 5.82 Å². The van der Waals surface area contributed by atoms with E-state index in [1.807, 2.05) is 24.4 Å². The van der Waals surface area contributed by atoms with E-state index in [0.717, 1.165) is 30.9 Å². The number of aromatic nitrogens is 2. The molecule has 1 aliphatic heterocycles. The maximum atomic E-state index is 4.79. The summed E-state index contributed by atoms with van der Waals surface area (Å²) < 4.78 is 0. The first-order valence-corrected chi connectivity index (χ1v) is 7.49. The van der Waals surface area contributed by atoms with Gasteiger partial charge in [-0.2, -0.15) is 0 Å². The molecule has 0 saturated heterocycles. The van der Waals surface area contributed by atoms with Crippen molar-refractivity contribution in [1.82, 2.24) is 14.9 Å². The minimum atomic E-state index is 0.849. The molecular weight excluding hydrogens is 246 g/mol. The van der Waals surface area contributed by atoms with Crippen LogP contribution in [0.5, 0.6) is 0 Å². The van der Waals surface area contributed by atoms with Gasteiger partial charge in [0.2, 0.25) is 0 Å². The predicted octanol–water partition coefficient (Wildman–Crippen LogP) is 3.30. The quantitative estimate of drug-likeness (QED) is 0.851. The summed E-state index contributed by atoms with van der Waals surface area (Å²) >= 11 is 0. The van der Waals surface area contributed by atoms with Crippen LogP contribution in [0, 0.1) is 0 Å². The molecule has 3 nitrogen and oxygen atoms in total. The van der Waals surface area contributed by atoms with Gasteiger partial charge in [-0.05, 0) is 24.9 Å². The Morgan fingerprint density at radius 2 is 2.05 bits per heavy atom. The Morgan fingerprint density at radius 1 is 1.20 bits per heavy atom. The molecule has 0 atom stereocenters. The van der Waals surface area contributed by atoms with Crippen LogP contribution >= 0.6 is 0 Å². The van der Waals surface area contributed by atoms with Gasteiger partial charge in [-0.1, -0.05) is 43.7 Å². The molecule has 1 aromatic carbocycles. The number of unbranched alkanes of at least 4 members (excludes halogenated alkanes) is 1. The molecule has 0 fully saturated rings. The third-order valence-electron chi connectivity index (χ3n) is 3.88. The molecule has 1 aliphatic rings. The molecule has 2 aromatic rings. The van der Waals surface area contributed by atoms with Crippen molar-refractivity contribution < 1.29 is 0 Å². The van der Waals surface area contributed by atoms with Crippen LogP contribution in [0.15, 0.2) is 36.5 Å². The number of fused-ring (bicyclic) bond motifs is 1.